The molecule has 2 saturated carbocycles. The van der Waals surface area contributed by atoms with Gasteiger partial charge in [0.15, 0.2) is 11.6 Å². The van der Waals surface area contributed by atoms with Crippen molar-refractivity contribution in [3.05, 3.63) is 5.82 Å². The van der Waals surface area contributed by atoms with Crippen LogP contribution in [0.25, 0.3) is 0 Å². The van der Waals surface area contributed by atoms with Crippen molar-refractivity contribution in [2.45, 2.75) is 71.3 Å². The zero-order chi connectivity index (χ0) is 23.1. The van der Waals surface area contributed by atoms with Crippen molar-refractivity contribution in [2.24, 2.45) is 27.7 Å². The van der Waals surface area contributed by atoms with Crippen LogP contribution in [-0.2, 0) is 0 Å². The highest BCUT2D eigenvalue weighted by Crippen LogP contribution is 2.38. The quantitative estimate of drug-likeness (QED) is 0.156. The Labute approximate surface area is 192 Å². The van der Waals surface area contributed by atoms with E-state index in [2.05, 4.69) is 57.9 Å². The van der Waals surface area contributed by atoms with E-state index in [1.165, 1.54) is 51.4 Å². The zero-order valence-electron chi connectivity index (χ0n) is 19.9. The average Bonchev–Trinajstić information content (AvgIpc) is 2.76. The highest BCUT2D eigenvalue weighted by Gasteiger charge is 2.29. The second-order valence-electron chi connectivity index (χ2n) is 9.38. The number of nitrogens with zero attached hydrogens (tertiary/aromatic N) is 6. The van der Waals surface area contributed by atoms with Gasteiger partial charge in [-0.05, 0) is 64.8 Å². The molecule has 1 heterocycles. The van der Waals surface area contributed by atoms with Gasteiger partial charge in [0, 0.05) is 12.6 Å². The van der Waals surface area contributed by atoms with Gasteiger partial charge in [0.1, 0.15) is 5.69 Å². The van der Waals surface area contributed by atoms with Crippen LogP contribution in [0.4, 0.5) is 17.3 Å². The van der Waals surface area contributed by atoms with Gasteiger partial charge in [-0.25, -0.2) is 15.0 Å². The molecule has 178 valence electrons. The van der Waals surface area contributed by atoms with Crippen LogP contribution in [0.3, 0.4) is 0 Å². The molecule has 32 heavy (non-hydrogen) atoms. The van der Waals surface area contributed by atoms with Crippen LogP contribution in [0, 0.1) is 11.8 Å². The molecule has 2 aliphatic carbocycles. The molecule has 2 fully saturated rings. The number of aromatic nitrogens is 2. The van der Waals surface area contributed by atoms with E-state index < -0.39 is 0 Å². The summed E-state index contributed by atoms with van der Waals surface area (Å²) in [5, 5.41) is 15.9. The average molecular weight is 445 g/mol. The van der Waals surface area contributed by atoms with Crippen molar-refractivity contribution in [1.29, 1.82) is 0 Å². The van der Waals surface area contributed by atoms with E-state index in [-0.39, 0.29) is 17.7 Å². The monoisotopic (exact) mass is 444 g/mol. The lowest BCUT2D eigenvalue weighted by atomic mass is 9.80. The Bertz CT molecular complexity index is 788. The van der Waals surface area contributed by atoms with E-state index in [4.69, 9.17) is 10.7 Å². The number of oxime groups is 1. The van der Waals surface area contributed by atoms with Crippen LogP contribution in [0.5, 0.6) is 0 Å². The fourth-order valence-electron chi connectivity index (χ4n) is 4.67. The van der Waals surface area contributed by atoms with Crippen LogP contribution in [0.1, 0.15) is 71.0 Å². The summed E-state index contributed by atoms with van der Waals surface area (Å²) < 4.78 is 0. The number of nitrogens with one attached hydrogen (secondary N) is 1. The molecule has 9 heteroatoms. The zero-order valence-corrected chi connectivity index (χ0v) is 19.9. The van der Waals surface area contributed by atoms with Crippen LogP contribution in [-0.4, -0.2) is 65.5 Å². The summed E-state index contributed by atoms with van der Waals surface area (Å²) in [6.45, 7) is 10.7. The summed E-state index contributed by atoms with van der Waals surface area (Å²) in [4.78, 5) is 18.1. The van der Waals surface area contributed by atoms with Crippen LogP contribution in [0.15, 0.2) is 10.1 Å². The van der Waals surface area contributed by atoms with Gasteiger partial charge in [-0.15, -0.1) is 0 Å². The van der Waals surface area contributed by atoms with Gasteiger partial charge in [-0.2, -0.15) is 0 Å². The number of amidine groups is 1. The molecule has 0 saturated heterocycles. The lowest BCUT2D eigenvalue weighted by Gasteiger charge is -2.37. The predicted octanol–water partition coefficient (Wildman–Crippen LogP) is 3.80. The van der Waals surface area contributed by atoms with Crippen molar-refractivity contribution in [1.82, 2.24) is 14.9 Å². The third-order valence-corrected chi connectivity index (χ3v) is 7.05. The minimum atomic E-state index is -0.134. The van der Waals surface area contributed by atoms with Crippen molar-refractivity contribution in [2.75, 3.05) is 37.0 Å². The van der Waals surface area contributed by atoms with E-state index in [1.807, 2.05) is 0 Å². The van der Waals surface area contributed by atoms with Gasteiger partial charge in [-0.1, -0.05) is 37.8 Å². The fraction of sp³-hybridized carbons (Fsp3) is 0.739. The molecule has 0 radical (unpaired) electrons. The summed E-state index contributed by atoms with van der Waals surface area (Å²) in [7, 11) is 2.12. The molecule has 9 nitrogen and oxygen atoms in total. The first-order chi connectivity index (χ1) is 15.5. The third kappa shape index (κ3) is 5.88. The molecule has 3 rings (SSSR count). The van der Waals surface area contributed by atoms with Crippen molar-refractivity contribution in [3.8, 4) is 0 Å². The van der Waals surface area contributed by atoms with Gasteiger partial charge in [0.05, 0.1) is 6.67 Å². The molecule has 4 N–H and O–H groups in total. The Balaban J connectivity index is 2.03. The van der Waals surface area contributed by atoms with E-state index in [0.29, 0.717) is 23.5 Å². The third-order valence-electron chi connectivity index (χ3n) is 7.05. The molecule has 0 amide bonds. The normalized spacial score (nSPS) is 18.9. The summed E-state index contributed by atoms with van der Waals surface area (Å²) in [5.41, 5.74) is 6.71. The molecule has 0 spiro atoms. The van der Waals surface area contributed by atoms with E-state index >= 15 is 0 Å². The second kappa shape index (κ2) is 11.4. The Morgan fingerprint density at radius 1 is 1.22 bits per heavy atom. The molecular formula is C23H40N8O. The Hall–Kier alpha value is -2.42. The summed E-state index contributed by atoms with van der Waals surface area (Å²) in [6, 6.07) is 0.260. The smallest absolute Gasteiger partial charge is 0.208 e. The van der Waals surface area contributed by atoms with E-state index in [0.717, 1.165) is 25.4 Å². The highest BCUT2D eigenvalue weighted by atomic mass is 16.4. The SMILES string of the molecule is C=Nc1nc(/C(N)=N/O)nc(N[C@H](C)C2CCC2)c1N(CC1CCCCC1)CN(C)CC. The number of hydrogen-bond donors (Lipinski definition) is 3. The number of anilines is 2. The van der Waals surface area contributed by atoms with Gasteiger partial charge in [0.25, 0.3) is 0 Å². The number of rotatable bonds is 11. The topological polar surface area (TPSA) is 115 Å². The van der Waals surface area contributed by atoms with Gasteiger partial charge in [0.2, 0.25) is 11.7 Å². The van der Waals surface area contributed by atoms with Gasteiger partial charge in [-0.3, -0.25) is 4.90 Å². The van der Waals surface area contributed by atoms with Crippen molar-refractivity contribution >= 4 is 29.9 Å². The summed E-state index contributed by atoms with van der Waals surface area (Å²) >= 11 is 0. The minimum absolute atomic E-state index is 0.134. The molecule has 0 aliphatic heterocycles. The second-order valence-corrected chi connectivity index (χ2v) is 9.38. The maximum Gasteiger partial charge on any atom is 0.208 e. The molecule has 0 unspecified atom stereocenters. The van der Waals surface area contributed by atoms with Crippen LogP contribution in [0.2, 0.25) is 0 Å². The minimum Gasteiger partial charge on any atom is -0.409 e. The van der Waals surface area contributed by atoms with Gasteiger partial charge < -0.3 is 21.2 Å². The van der Waals surface area contributed by atoms with Crippen LogP contribution < -0.4 is 16.0 Å². The standard InChI is InChI=1S/C23H40N8O/c1-5-30(4)15-31(14-17-10-7-6-8-11-17)19-21(25-3)27-23(20(24)29-32)28-22(19)26-16(2)18-12-9-13-18/h16-18,32H,3,5-15H2,1-2,4H3,(H2,24,29)(H,26,27,28)/t16-/m1/s1. The first kappa shape index (κ1) is 24.2. The van der Waals surface area contributed by atoms with Crippen molar-refractivity contribution in [3.63, 3.8) is 0 Å². The molecule has 1 aromatic heterocycles. The number of hydrogen-bond acceptors (Lipinski definition) is 8. The summed E-state index contributed by atoms with van der Waals surface area (Å²) in [6.07, 6.45) is 10.1. The lowest BCUT2D eigenvalue weighted by molar-refractivity contribution is 0.284. The molecule has 0 aromatic carbocycles. The Morgan fingerprint density at radius 2 is 1.94 bits per heavy atom. The number of aliphatic imine (C=N–C) groups is 1. The molecular weight excluding hydrogens is 404 g/mol. The Kier molecular flexibility index (Phi) is 8.67. The fourth-order valence-corrected chi connectivity index (χ4v) is 4.67. The van der Waals surface area contributed by atoms with E-state index in [1.54, 1.807) is 0 Å². The highest BCUT2D eigenvalue weighted by molar-refractivity contribution is 5.95. The number of nitrogens with two attached hydrogens (primary N) is 1. The summed E-state index contributed by atoms with van der Waals surface area (Å²) in [5.74, 6) is 2.42. The molecule has 1 aromatic rings. The maximum absolute atomic E-state index is 9.20. The van der Waals surface area contributed by atoms with E-state index in [9.17, 15) is 5.21 Å². The van der Waals surface area contributed by atoms with Gasteiger partial charge >= 0.3 is 0 Å². The molecule has 0 bridgehead atoms. The maximum atomic E-state index is 9.20. The van der Waals surface area contributed by atoms with Crippen LogP contribution >= 0.6 is 0 Å². The van der Waals surface area contributed by atoms with Crippen molar-refractivity contribution < 1.29 is 5.21 Å². The first-order valence-electron chi connectivity index (χ1n) is 12.0. The Morgan fingerprint density at radius 3 is 2.50 bits per heavy atom. The largest absolute Gasteiger partial charge is 0.409 e. The first-order valence-corrected chi connectivity index (χ1v) is 12.0. The predicted molar refractivity (Wildman–Crippen MR) is 131 cm³/mol. The molecule has 1 atom stereocenters. The molecule has 2 aliphatic rings. The lowest BCUT2D eigenvalue weighted by Crippen LogP contribution is -2.40.